The van der Waals surface area contributed by atoms with Crippen LogP contribution in [0.2, 0.25) is 0 Å². The van der Waals surface area contributed by atoms with Gasteiger partial charge in [0.05, 0.1) is 4.92 Å². The van der Waals surface area contributed by atoms with Crippen molar-refractivity contribution in [3.63, 3.8) is 0 Å². The third-order valence-electron chi connectivity index (χ3n) is 2.52. The van der Waals surface area contributed by atoms with Gasteiger partial charge >= 0.3 is 6.16 Å². The number of nitro groups is 1. The summed E-state index contributed by atoms with van der Waals surface area (Å²) in [6, 6.07) is 12.2. The van der Waals surface area contributed by atoms with E-state index < -0.39 is 11.1 Å². The van der Waals surface area contributed by atoms with Crippen LogP contribution in [0.25, 0.3) is 0 Å². The molecule has 0 amide bonds. The SMILES string of the molecule is O=C(Oc1ccc(SCP)cc1)Oc1ccc([N+](=O)[O-])cc1. The topological polar surface area (TPSA) is 78.7 Å². The van der Waals surface area contributed by atoms with Gasteiger partial charge in [-0.3, -0.25) is 10.1 Å². The highest BCUT2D eigenvalue weighted by atomic mass is 32.2. The molecule has 0 aliphatic carbocycles. The molecule has 6 nitrogen and oxygen atoms in total. The van der Waals surface area contributed by atoms with Crippen LogP contribution in [0.3, 0.4) is 0 Å². The lowest BCUT2D eigenvalue weighted by molar-refractivity contribution is -0.384. The van der Waals surface area contributed by atoms with E-state index in [1.165, 1.54) is 24.3 Å². The average Bonchev–Trinajstić information content (AvgIpc) is 2.50. The zero-order valence-corrected chi connectivity index (χ0v) is 13.3. The maximum Gasteiger partial charge on any atom is 0.519 e. The molecule has 2 aromatic rings. The molecule has 2 aromatic carbocycles. The highest BCUT2D eigenvalue weighted by Crippen LogP contribution is 2.23. The maximum atomic E-state index is 11.6. The number of thioether (sulfide) groups is 1. The molecule has 0 fully saturated rings. The average molecular weight is 337 g/mol. The number of ether oxygens (including phenoxy) is 2. The molecular formula is C14H12NO5PS. The zero-order valence-electron chi connectivity index (χ0n) is 11.3. The molecular weight excluding hydrogens is 325 g/mol. The molecule has 0 heterocycles. The van der Waals surface area contributed by atoms with Crippen LogP contribution in [-0.4, -0.2) is 16.6 Å². The van der Waals surface area contributed by atoms with Gasteiger partial charge in [-0.1, -0.05) is 0 Å². The van der Waals surface area contributed by atoms with E-state index in [4.69, 9.17) is 9.47 Å². The number of nitrogens with zero attached hydrogens (tertiary/aromatic N) is 1. The molecule has 1 atom stereocenters. The van der Waals surface area contributed by atoms with Crippen LogP contribution in [0, 0.1) is 10.1 Å². The van der Waals surface area contributed by atoms with E-state index in [0.29, 0.717) is 5.75 Å². The number of hydrogen-bond acceptors (Lipinski definition) is 6. The van der Waals surface area contributed by atoms with E-state index >= 15 is 0 Å². The lowest BCUT2D eigenvalue weighted by atomic mass is 10.3. The Balaban J connectivity index is 1.93. The number of non-ortho nitro benzene ring substituents is 1. The van der Waals surface area contributed by atoms with Crippen molar-refractivity contribution in [1.82, 2.24) is 0 Å². The Labute approximate surface area is 133 Å². The van der Waals surface area contributed by atoms with E-state index in [0.717, 1.165) is 10.4 Å². The van der Waals surface area contributed by atoms with Gasteiger partial charge in [0.1, 0.15) is 11.5 Å². The number of carbonyl (C=O) groups excluding carboxylic acids is 1. The van der Waals surface area contributed by atoms with Gasteiger partial charge in [0.2, 0.25) is 0 Å². The lowest BCUT2D eigenvalue weighted by Crippen LogP contribution is -2.13. The standard InChI is InChI=1S/C14H12NO5PS/c16-14(19-11-3-1-10(2-4-11)15(17)18)20-12-5-7-13(8-6-12)22-9-21/h1-8H,9,21H2. The van der Waals surface area contributed by atoms with Crippen LogP contribution in [-0.2, 0) is 0 Å². The Morgan fingerprint density at radius 3 is 2.00 bits per heavy atom. The number of carbonyl (C=O) groups is 1. The van der Waals surface area contributed by atoms with Crippen molar-refractivity contribution in [3.8, 4) is 11.5 Å². The summed E-state index contributed by atoms with van der Waals surface area (Å²) in [4.78, 5) is 22.7. The van der Waals surface area contributed by atoms with Crippen molar-refractivity contribution in [2.75, 3.05) is 5.49 Å². The van der Waals surface area contributed by atoms with Crippen LogP contribution in [0.5, 0.6) is 11.5 Å². The van der Waals surface area contributed by atoms with E-state index in [1.807, 2.05) is 12.1 Å². The normalized spacial score (nSPS) is 10.0. The van der Waals surface area contributed by atoms with E-state index in [-0.39, 0.29) is 11.4 Å². The third kappa shape index (κ3) is 4.72. The number of hydrogen-bond donors (Lipinski definition) is 0. The van der Waals surface area contributed by atoms with Crippen molar-refractivity contribution < 1.29 is 19.2 Å². The first-order chi connectivity index (χ1) is 10.6. The van der Waals surface area contributed by atoms with E-state index in [1.54, 1.807) is 23.9 Å². The Morgan fingerprint density at radius 2 is 1.55 bits per heavy atom. The summed E-state index contributed by atoms with van der Waals surface area (Å²) in [5.74, 6) is 0.533. The van der Waals surface area contributed by atoms with Gasteiger partial charge in [-0.15, -0.1) is 21.0 Å². The summed E-state index contributed by atoms with van der Waals surface area (Å²) in [5.41, 5.74) is 0.797. The van der Waals surface area contributed by atoms with Gasteiger partial charge in [-0.05, 0) is 36.4 Å². The van der Waals surface area contributed by atoms with Crippen LogP contribution < -0.4 is 9.47 Å². The largest absolute Gasteiger partial charge is 0.519 e. The van der Waals surface area contributed by atoms with Crippen molar-refractivity contribution in [2.24, 2.45) is 0 Å². The summed E-state index contributed by atoms with van der Waals surface area (Å²) in [5, 5.41) is 10.5. The summed E-state index contributed by atoms with van der Waals surface area (Å²) < 4.78 is 9.96. The summed E-state index contributed by atoms with van der Waals surface area (Å²) >= 11 is 1.65. The van der Waals surface area contributed by atoms with Gasteiger partial charge in [-0.25, -0.2) is 4.79 Å². The second-order valence-corrected chi connectivity index (χ2v) is 6.08. The molecule has 0 bridgehead atoms. The van der Waals surface area contributed by atoms with Crippen LogP contribution in [0.1, 0.15) is 0 Å². The molecule has 0 saturated heterocycles. The summed E-state index contributed by atoms with van der Waals surface area (Å²) in [7, 11) is 2.61. The minimum atomic E-state index is -0.902. The zero-order chi connectivity index (χ0) is 15.9. The van der Waals surface area contributed by atoms with Gasteiger partial charge in [-0.2, -0.15) is 0 Å². The molecule has 8 heteroatoms. The second kappa shape index (κ2) is 7.77. The Morgan fingerprint density at radius 1 is 1.05 bits per heavy atom. The first-order valence-electron chi connectivity index (χ1n) is 6.15. The molecule has 0 radical (unpaired) electrons. The van der Waals surface area contributed by atoms with Gasteiger partial charge in [0.25, 0.3) is 5.69 Å². The fraction of sp³-hybridized carbons (Fsp3) is 0.0714. The van der Waals surface area contributed by atoms with Gasteiger partial charge in [0, 0.05) is 22.5 Å². The quantitative estimate of drug-likeness (QED) is 0.204. The molecule has 1 unspecified atom stereocenters. The first-order valence-corrected chi connectivity index (χ1v) is 7.96. The van der Waals surface area contributed by atoms with Crippen LogP contribution in [0.15, 0.2) is 53.4 Å². The molecule has 0 aliphatic heterocycles. The number of nitro benzene ring substituents is 1. The molecule has 0 aromatic heterocycles. The monoisotopic (exact) mass is 337 g/mol. The van der Waals surface area contributed by atoms with Gasteiger partial charge in [0.15, 0.2) is 0 Å². The summed E-state index contributed by atoms with van der Waals surface area (Å²) in [6.07, 6.45) is -0.902. The molecule has 114 valence electrons. The smallest absolute Gasteiger partial charge is 0.395 e. The molecule has 0 spiro atoms. The second-order valence-electron chi connectivity index (χ2n) is 3.99. The predicted molar refractivity (Wildman–Crippen MR) is 86.6 cm³/mol. The minimum Gasteiger partial charge on any atom is -0.395 e. The highest BCUT2D eigenvalue weighted by molar-refractivity contribution is 8.02. The fourth-order valence-electron chi connectivity index (χ4n) is 1.55. The molecule has 22 heavy (non-hydrogen) atoms. The van der Waals surface area contributed by atoms with Crippen LogP contribution in [0.4, 0.5) is 10.5 Å². The van der Waals surface area contributed by atoms with Crippen LogP contribution >= 0.6 is 21.0 Å². The molecule has 2 rings (SSSR count). The third-order valence-corrected chi connectivity index (χ3v) is 3.80. The van der Waals surface area contributed by atoms with Crippen molar-refractivity contribution in [2.45, 2.75) is 4.90 Å². The van der Waals surface area contributed by atoms with Crippen molar-refractivity contribution >= 4 is 32.8 Å². The fourth-order valence-corrected chi connectivity index (χ4v) is 2.65. The Bertz CT molecular complexity index is 660. The first kappa shape index (κ1) is 16.3. The number of rotatable bonds is 5. The minimum absolute atomic E-state index is 0.0807. The van der Waals surface area contributed by atoms with Crippen molar-refractivity contribution in [1.29, 1.82) is 0 Å². The Kier molecular flexibility index (Phi) is 5.75. The molecule has 0 saturated carbocycles. The molecule has 0 aliphatic rings. The van der Waals surface area contributed by atoms with E-state index in [9.17, 15) is 14.9 Å². The summed E-state index contributed by atoms with van der Waals surface area (Å²) in [6.45, 7) is 0. The lowest BCUT2D eigenvalue weighted by Gasteiger charge is -2.06. The Hall–Kier alpha value is -2.11. The highest BCUT2D eigenvalue weighted by Gasteiger charge is 2.10. The van der Waals surface area contributed by atoms with Gasteiger partial charge < -0.3 is 9.47 Å². The molecule has 0 N–H and O–H groups in total. The van der Waals surface area contributed by atoms with Crippen molar-refractivity contribution in [3.05, 3.63) is 58.6 Å². The van der Waals surface area contributed by atoms with E-state index in [2.05, 4.69) is 9.24 Å². The maximum absolute atomic E-state index is 11.6. The predicted octanol–water partition coefficient (Wildman–Crippen LogP) is 4.10. The number of benzene rings is 2.